The second kappa shape index (κ2) is 9.23. The van der Waals surface area contributed by atoms with Gasteiger partial charge in [-0.2, -0.15) is 0 Å². The van der Waals surface area contributed by atoms with E-state index in [0.29, 0.717) is 13.1 Å². The number of hydrogen-bond acceptors (Lipinski definition) is 3. The minimum Gasteiger partial charge on any atom is -0.352 e. The van der Waals surface area contributed by atoms with Gasteiger partial charge in [0.2, 0.25) is 11.8 Å². The molecule has 5 nitrogen and oxygen atoms in total. The number of nitrogens with zero attached hydrogens (tertiary/aromatic N) is 1. The molecular weight excluding hydrogens is 302 g/mol. The summed E-state index contributed by atoms with van der Waals surface area (Å²) in [5.41, 5.74) is 1.11. The van der Waals surface area contributed by atoms with E-state index in [0.717, 1.165) is 31.5 Å². The van der Waals surface area contributed by atoms with Crippen molar-refractivity contribution in [2.45, 2.75) is 32.4 Å². The Hall–Kier alpha value is -2.14. The van der Waals surface area contributed by atoms with Crippen LogP contribution in [0.15, 0.2) is 43.0 Å². The molecule has 0 aliphatic carbocycles. The molecule has 0 radical (unpaired) electrons. The topological polar surface area (TPSA) is 61.4 Å². The average molecular weight is 329 g/mol. The molecule has 0 saturated carbocycles. The first-order valence-corrected chi connectivity index (χ1v) is 8.56. The fourth-order valence-electron chi connectivity index (χ4n) is 2.96. The van der Waals surface area contributed by atoms with E-state index in [1.165, 1.54) is 0 Å². The summed E-state index contributed by atoms with van der Waals surface area (Å²) in [6.45, 7) is 8.11. The molecule has 1 aromatic carbocycles. The van der Waals surface area contributed by atoms with Gasteiger partial charge in [0, 0.05) is 19.0 Å². The lowest BCUT2D eigenvalue weighted by atomic mass is 9.95. The number of carbonyl (C=O) groups is 2. The number of rotatable bonds is 7. The number of benzene rings is 1. The van der Waals surface area contributed by atoms with Crippen molar-refractivity contribution in [2.75, 3.05) is 19.6 Å². The van der Waals surface area contributed by atoms with E-state index in [9.17, 15) is 9.59 Å². The molecule has 0 bridgehead atoms. The van der Waals surface area contributed by atoms with Gasteiger partial charge in [-0.15, -0.1) is 6.58 Å². The number of carbonyl (C=O) groups excluding carboxylic acids is 2. The van der Waals surface area contributed by atoms with Crippen LogP contribution < -0.4 is 10.6 Å². The highest BCUT2D eigenvalue weighted by Gasteiger charge is 2.29. The zero-order chi connectivity index (χ0) is 17.4. The lowest BCUT2D eigenvalue weighted by Gasteiger charge is -2.34. The molecule has 0 unspecified atom stereocenters. The van der Waals surface area contributed by atoms with Gasteiger partial charge in [-0.05, 0) is 38.4 Å². The quantitative estimate of drug-likeness (QED) is 0.749. The Morgan fingerprint density at radius 2 is 1.92 bits per heavy atom. The summed E-state index contributed by atoms with van der Waals surface area (Å²) < 4.78 is 0. The van der Waals surface area contributed by atoms with Gasteiger partial charge in [0.1, 0.15) is 0 Å². The molecule has 130 valence electrons. The highest BCUT2D eigenvalue weighted by atomic mass is 16.2. The van der Waals surface area contributed by atoms with Gasteiger partial charge < -0.3 is 10.6 Å². The largest absolute Gasteiger partial charge is 0.352 e. The van der Waals surface area contributed by atoms with Gasteiger partial charge in [0.05, 0.1) is 6.04 Å². The van der Waals surface area contributed by atoms with Crippen LogP contribution in [-0.4, -0.2) is 42.4 Å². The van der Waals surface area contributed by atoms with E-state index in [1.54, 1.807) is 6.08 Å². The Balaban J connectivity index is 1.74. The fraction of sp³-hybridized carbons (Fsp3) is 0.474. The fourth-order valence-corrected chi connectivity index (χ4v) is 2.96. The third-order valence-electron chi connectivity index (χ3n) is 4.56. The summed E-state index contributed by atoms with van der Waals surface area (Å²) in [7, 11) is 0. The van der Waals surface area contributed by atoms with Crippen molar-refractivity contribution in [3.63, 3.8) is 0 Å². The lowest BCUT2D eigenvalue weighted by Crippen LogP contribution is -2.49. The zero-order valence-corrected chi connectivity index (χ0v) is 14.3. The number of piperidine rings is 1. The van der Waals surface area contributed by atoms with E-state index in [-0.39, 0.29) is 23.8 Å². The van der Waals surface area contributed by atoms with Crippen molar-refractivity contribution < 1.29 is 9.59 Å². The van der Waals surface area contributed by atoms with E-state index < -0.39 is 0 Å². The first kappa shape index (κ1) is 18.2. The van der Waals surface area contributed by atoms with Gasteiger partial charge in [0.15, 0.2) is 0 Å². The van der Waals surface area contributed by atoms with Gasteiger partial charge in [-0.1, -0.05) is 36.4 Å². The van der Waals surface area contributed by atoms with Crippen molar-refractivity contribution in [3.8, 4) is 0 Å². The van der Waals surface area contributed by atoms with E-state index in [2.05, 4.69) is 22.1 Å². The van der Waals surface area contributed by atoms with Crippen LogP contribution in [0, 0.1) is 5.92 Å². The maximum Gasteiger partial charge on any atom is 0.237 e. The van der Waals surface area contributed by atoms with Gasteiger partial charge in [-0.3, -0.25) is 14.5 Å². The van der Waals surface area contributed by atoms with E-state index >= 15 is 0 Å². The van der Waals surface area contributed by atoms with Crippen molar-refractivity contribution in [2.24, 2.45) is 5.92 Å². The molecule has 1 fully saturated rings. The smallest absolute Gasteiger partial charge is 0.237 e. The monoisotopic (exact) mass is 329 g/mol. The Bertz CT molecular complexity index is 551. The molecule has 2 rings (SSSR count). The molecule has 1 aliphatic heterocycles. The molecule has 5 heteroatoms. The van der Waals surface area contributed by atoms with Crippen LogP contribution >= 0.6 is 0 Å². The highest BCUT2D eigenvalue weighted by molar-refractivity contribution is 5.81. The number of likely N-dealkylation sites (tertiary alicyclic amines) is 1. The molecule has 1 atom stereocenters. The Morgan fingerprint density at radius 1 is 1.25 bits per heavy atom. The molecule has 0 aromatic heterocycles. The lowest BCUT2D eigenvalue weighted by molar-refractivity contribution is -0.128. The van der Waals surface area contributed by atoms with Crippen molar-refractivity contribution in [3.05, 3.63) is 48.6 Å². The maximum absolute atomic E-state index is 12.3. The minimum atomic E-state index is -0.168. The van der Waals surface area contributed by atoms with Crippen molar-refractivity contribution in [1.82, 2.24) is 15.5 Å². The summed E-state index contributed by atoms with van der Waals surface area (Å²) in [6.07, 6.45) is 3.26. The van der Waals surface area contributed by atoms with Crippen LogP contribution in [0.4, 0.5) is 0 Å². The Kier molecular flexibility index (Phi) is 7.00. The molecular formula is C19H27N3O2. The minimum absolute atomic E-state index is 0.0156. The summed E-state index contributed by atoms with van der Waals surface area (Å²) in [6, 6.07) is 9.75. The SMILES string of the molecule is C=CCNC(=O)[C@H](C)N1CCC(C(=O)NCc2ccccc2)CC1. The molecule has 24 heavy (non-hydrogen) atoms. The molecule has 2 N–H and O–H groups in total. The Labute approximate surface area is 144 Å². The molecule has 1 aromatic rings. The van der Waals surface area contributed by atoms with Crippen LogP contribution in [0.1, 0.15) is 25.3 Å². The second-order valence-electron chi connectivity index (χ2n) is 6.22. The Morgan fingerprint density at radius 3 is 2.54 bits per heavy atom. The highest BCUT2D eigenvalue weighted by Crippen LogP contribution is 2.19. The molecule has 1 aliphatic rings. The van der Waals surface area contributed by atoms with Gasteiger partial charge in [-0.25, -0.2) is 0 Å². The van der Waals surface area contributed by atoms with Crippen LogP contribution in [0.5, 0.6) is 0 Å². The summed E-state index contributed by atoms with van der Waals surface area (Å²) in [5.74, 6) is 0.164. The standard InChI is InChI=1S/C19H27N3O2/c1-3-11-20-18(23)15(2)22-12-9-17(10-13-22)19(24)21-14-16-7-5-4-6-8-16/h3-8,15,17H,1,9-14H2,2H3,(H,20,23)(H,21,24)/t15-/m0/s1. The predicted octanol–water partition coefficient (Wildman–Crippen LogP) is 1.71. The predicted molar refractivity (Wildman–Crippen MR) is 95.3 cm³/mol. The number of nitrogens with one attached hydrogen (secondary N) is 2. The maximum atomic E-state index is 12.3. The molecule has 1 saturated heterocycles. The summed E-state index contributed by atoms with van der Waals surface area (Å²) >= 11 is 0. The first-order chi connectivity index (χ1) is 11.6. The average Bonchev–Trinajstić information content (AvgIpc) is 2.64. The van der Waals surface area contributed by atoms with Crippen molar-refractivity contribution in [1.29, 1.82) is 0 Å². The van der Waals surface area contributed by atoms with Gasteiger partial charge in [0.25, 0.3) is 0 Å². The third-order valence-corrected chi connectivity index (χ3v) is 4.56. The summed E-state index contributed by atoms with van der Waals surface area (Å²) in [5, 5.41) is 5.84. The molecule has 2 amide bonds. The van der Waals surface area contributed by atoms with E-state index in [1.807, 2.05) is 37.3 Å². The summed E-state index contributed by atoms with van der Waals surface area (Å²) in [4.78, 5) is 26.4. The van der Waals surface area contributed by atoms with Crippen LogP contribution in [0.25, 0.3) is 0 Å². The zero-order valence-electron chi connectivity index (χ0n) is 14.3. The van der Waals surface area contributed by atoms with Crippen LogP contribution in [0.2, 0.25) is 0 Å². The van der Waals surface area contributed by atoms with E-state index in [4.69, 9.17) is 0 Å². The van der Waals surface area contributed by atoms with Crippen LogP contribution in [-0.2, 0) is 16.1 Å². The second-order valence-corrected chi connectivity index (χ2v) is 6.22. The molecule has 0 spiro atoms. The van der Waals surface area contributed by atoms with Crippen LogP contribution in [0.3, 0.4) is 0 Å². The number of amides is 2. The molecule has 1 heterocycles. The van der Waals surface area contributed by atoms with Gasteiger partial charge >= 0.3 is 0 Å². The number of hydrogen-bond donors (Lipinski definition) is 2. The normalized spacial score (nSPS) is 17.0. The first-order valence-electron chi connectivity index (χ1n) is 8.56. The van der Waals surface area contributed by atoms with Crippen molar-refractivity contribution >= 4 is 11.8 Å². The third kappa shape index (κ3) is 5.20.